The molecule has 0 aromatic rings. The van der Waals surface area contributed by atoms with E-state index in [1.807, 2.05) is 0 Å². The first-order valence-corrected chi connectivity index (χ1v) is 7.87. The number of carbonyl (C=O) groups is 1. The van der Waals surface area contributed by atoms with E-state index in [0.29, 0.717) is 11.7 Å². The van der Waals surface area contributed by atoms with Crippen LogP contribution in [0.1, 0.15) is 90.4 Å². The number of ketones is 1. The van der Waals surface area contributed by atoms with Gasteiger partial charge in [0.2, 0.25) is 0 Å². The van der Waals surface area contributed by atoms with E-state index in [4.69, 9.17) is 0 Å². The Bertz CT molecular complexity index is 192. The molecule has 100 valence electrons. The molecule has 0 aromatic carbocycles. The fourth-order valence-corrected chi connectivity index (χ4v) is 2.89. The molecule has 1 aliphatic carbocycles. The summed E-state index contributed by atoms with van der Waals surface area (Å²) in [6.45, 7) is 2.26. The van der Waals surface area contributed by atoms with E-state index in [1.165, 1.54) is 70.6 Å². The average Bonchev–Trinajstić information content (AvgIpc) is 2.86. The van der Waals surface area contributed by atoms with Crippen LogP contribution >= 0.6 is 0 Å². The zero-order chi connectivity index (χ0) is 12.3. The smallest absolute Gasteiger partial charge is 0.135 e. The molecule has 0 atom stereocenters. The third kappa shape index (κ3) is 6.85. The van der Waals surface area contributed by atoms with Crippen molar-refractivity contribution in [3.63, 3.8) is 0 Å². The zero-order valence-electron chi connectivity index (χ0n) is 11.7. The molecular formula is C16H30O. The molecule has 0 radical (unpaired) electrons. The zero-order valence-corrected chi connectivity index (χ0v) is 11.7. The van der Waals surface area contributed by atoms with E-state index in [1.54, 1.807) is 0 Å². The lowest BCUT2D eigenvalue weighted by Gasteiger charge is -2.07. The number of unbranched alkanes of at least 4 members (excludes halogenated alkanes) is 7. The van der Waals surface area contributed by atoms with Crippen LogP contribution in [0.5, 0.6) is 0 Å². The summed E-state index contributed by atoms with van der Waals surface area (Å²) >= 11 is 0. The molecule has 1 fully saturated rings. The first kappa shape index (κ1) is 14.7. The molecule has 0 aromatic heterocycles. The monoisotopic (exact) mass is 238 g/mol. The van der Waals surface area contributed by atoms with Crippen molar-refractivity contribution in [2.45, 2.75) is 90.4 Å². The molecule has 1 nitrogen and oxygen atoms in total. The van der Waals surface area contributed by atoms with Crippen molar-refractivity contribution in [3.05, 3.63) is 0 Å². The van der Waals surface area contributed by atoms with Crippen LogP contribution in [0.2, 0.25) is 0 Å². The van der Waals surface area contributed by atoms with Crippen molar-refractivity contribution in [2.24, 2.45) is 5.92 Å². The maximum atomic E-state index is 11.8. The minimum Gasteiger partial charge on any atom is -0.299 e. The maximum absolute atomic E-state index is 11.8. The molecule has 0 spiro atoms. The molecular weight excluding hydrogens is 208 g/mol. The van der Waals surface area contributed by atoms with Gasteiger partial charge in [-0.2, -0.15) is 0 Å². The van der Waals surface area contributed by atoms with Gasteiger partial charge in [-0.1, -0.05) is 64.7 Å². The average molecular weight is 238 g/mol. The Labute approximate surface area is 107 Å². The van der Waals surface area contributed by atoms with E-state index in [9.17, 15) is 4.79 Å². The predicted octanol–water partition coefficient (Wildman–Crippen LogP) is 5.28. The van der Waals surface area contributed by atoms with Crippen molar-refractivity contribution >= 4 is 5.78 Å². The van der Waals surface area contributed by atoms with Crippen molar-refractivity contribution in [1.29, 1.82) is 0 Å². The van der Waals surface area contributed by atoms with Gasteiger partial charge in [-0.3, -0.25) is 4.79 Å². The third-order valence-electron chi connectivity index (χ3n) is 4.09. The summed E-state index contributed by atoms with van der Waals surface area (Å²) in [5, 5.41) is 0. The summed E-state index contributed by atoms with van der Waals surface area (Å²) in [6.07, 6.45) is 16.4. The van der Waals surface area contributed by atoms with E-state index in [2.05, 4.69) is 6.92 Å². The second-order valence-corrected chi connectivity index (χ2v) is 5.67. The molecule has 0 bridgehead atoms. The van der Waals surface area contributed by atoms with Crippen LogP contribution in [0.15, 0.2) is 0 Å². The van der Waals surface area contributed by atoms with E-state index >= 15 is 0 Å². The maximum Gasteiger partial charge on any atom is 0.135 e. The Hall–Kier alpha value is -0.330. The van der Waals surface area contributed by atoms with Gasteiger partial charge in [0, 0.05) is 12.3 Å². The molecule has 1 heteroatoms. The van der Waals surface area contributed by atoms with Gasteiger partial charge in [0.15, 0.2) is 0 Å². The van der Waals surface area contributed by atoms with E-state index < -0.39 is 0 Å². The van der Waals surface area contributed by atoms with E-state index in [0.717, 1.165) is 12.8 Å². The quantitative estimate of drug-likeness (QED) is 0.473. The van der Waals surface area contributed by atoms with Crippen LogP contribution in [0.25, 0.3) is 0 Å². The molecule has 0 amide bonds. The van der Waals surface area contributed by atoms with Crippen LogP contribution in [0.4, 0.5) is 0 Å². The van der Waals surface area contributed by atoms with Gasteiger partial charge in [-0.25, -0.2) is 0 Å². The van der Waals surface area contributed by atoms with Gasteiger partial charge in [0.05, 0.1) is 0 Å². The molecule has 1 rings (SSSR count). The first-order valence-electron chi connectivity index (χ1n) is 7.87. The number of Topliss-reactive ketones (excluding diaryl/α,β-unsaturated/α-hetero) is 1. The highest BCUT2D eigenvalue weighted by molar-refractivity contribution is 5.81. The highest BCUT2D eigenvalue weighted by Gasteiger charge is 2.21. The summed E-state index contributed by atoms with van der Waals surface area (Å²) in [5.74, 6) is 1.01. The van der Waals surface area contributed by atoms with Gasteiger partial charge in [-0.15, -0.1) is 0 Å². The second-order valence-electron chi connectivity index (χ2n) is 5.67. The van der Waals surface area contributed by atoms with Gasteiger partial charge in [0.1, 0.15) is 5.78 Å². The van der Waals surface area contributed by atoms with Crippen LogP contribution in [-0.2, 0) is 4.79 Å². The number of hydrogen-bond acceptors (Lipinski definition) is 1. The summed E-state index contributed by atoms with van der Waals surface area (Å²) < 4.78 is 0. The van der Waals surface area contributed by atoms with Crippen LogP contribution in [0, 0.1) is 5.92 Å². The van der Waals surface area contributed by atoms with Crippen LogP contribution < -0.4 is 0 Å². The van der Waals surface area contributed by atoms with Gasteiger partial charge < -0.3 is 0 Å². The largest absolute Gasteiger partial charge is 0.299 e. The van der Waals surface area contributed by atoms with Crippen molar-refractivity contribution < 1.29 is 4.79 Å². The minimum atomic E-state index is 0.444. The fraction of sp³-hybridized carbons (Fsp3) is 0.938. The number of carbonyl (C=O) groups excluding carboxylic acids is 1. The third-order valence-corrected chi connectivity index (χ3v) is 4.09. The SMILES string of the molecule is CCCCCCCCCCC(=O)C1CCCC1. The normalized spacial score (nSPS) is 16.5. The lowest BCUT2D eigenvalue weighted by molar-refractivity contribution is -0.122. The molecule has 1 saturated carbocycles. The summed E-state index contributed by atoms with van der Waals surface area (Å²) in [7, 11) is 0. The van der Waals surface area contributed by atoms with Crippen molar-refractivity contribution in [1.82, 2.24) is 0 Å². The topological polar surface area (TPSA) is 17.1 Å². The highest BCUT2D eigenvalue weighted by atomic mass is 16.1. The summed E-state index contributed by atoms with van der Waals surface area (Å²) in [4.78, 5) is 11.8. The molecule has 1 aliphatic rings. The Balaban J connectivity index is 1.85. The van der Waals surface area contributed by atoms with Gasteiger partial charge in [0.25, 0.3) is 0 Å². The molecule has 0 heterocycles. The molecule has 0 saturated heterocycles. The Morgan fingerprint density at radius 3 is 2.00 bits per heavy atom. The standard InChI is InChI=1S/C16H30O/c1-2-3-4-5-6-7-8-9-14-16(17)15-12-10-11-13-15/h15H,2-14H2,1H3. The van der Waals surface area contributed by atoms with E-state index in [-0.39, 0.29) is 0 Å². The summed E-state index contributed by atoms with van der Waals surface area (Å²) in [6, 6.07) is 0. The Kier molecular flexibility index (Phi) is 8.38. The van der Waals surface area contributed by atoms with Crippen LogP contribution in [0.3, 0.4) is 0 Å². The number of rotatable bonds is 10. The Morgan fingerprint density at radius 2 is 1.41 bits per heavy atom. The molecule has 0 aliphatic heterocycles. The van der Waals surface area contributed by atoms with Gasteiger partial charge >= 0.3 is 0 Å². The molecule has 0 unspecified atom stereocenters. The Morgan fingerprint density at radius 1 is 0.882 bits per heavy atom. The lowest BCUT2D eigenvalue weighted by Crippen LogP contribution is -2.09. The predicted molar refractivity (Wildman–Crippen MR) is 74.2 cm³/mol. The van der Waals surface area contributed by atoms with Crippen molar-refractivity contribution in [2.75, 3.05) is 0 Å². The number of hydrogen-bond donors (Lipinski definition) is 0. The summed E-state index contributed by atoms with van der Waals surface area (Å²) in [5.41, 5.74) is 0. The minimum absolute atomic E-state index is 0.444. The van der Waals surface area contributed by atoms with Gasteiger partial charge in [-0.05, 0) is 19.3 Å². The van der Waals surface area contributed by atoms with Crippen LogP contribution in [-0.4, -0.2) is 5.78 Å². The molecule has 0 N–H and O–H groups in total. The lowest BCUT2D eigenvalue weighted by atomic mass is 9.97. The highest BCUT2D eigenvalue weighted by Crippen LogP contribution is 2.27. The first-order chi connectivity index (χ1) is 8.34. The second kappa shape index (κ2) is 9.67. The fourth-order valence-electron chi connectivity index (χ4n) is 2.89. The molecule has 17 heavy (non-hydrogen) atoms. The van der Waals surface area contributed by atoms with Crippen molar-refractivity contribution in [3.8, 4) is 0 Å².